The van der Waals surface area contributed by atoms with Gasteiger partial charge in [0, 0.05) is 6.04 Å². The molecule has 5 nitrogen and oxygen atoms in total. The van der Waals surface area contributed by atoms with Crippen LogP contribution < -0.4 is 10.6 Å². The maximum Gasteiger partial charge on any atom is 0.255 e. The van der Waals surface area contributed by atoms with Crippen molar-refractivity contribution in [1.29, 1.82) is 0 Å². The van der Waals surface area contributed by atoms with E-state index in [1.54, 1.807) is 18.2 Å². The number of phenols is 1. The minimum Gasteiger partial charge on any atom is -0.505 e. The summed E-state index contributed by atoms with van der Waals surface area (Å²) in [5.41, 5.74) is 0.446. The molecule has 2 rings (SSSR count). The van der Waals surface area contributed by atoms with Crippen molar-refractivity contribution in [1.82, 2.24) is 5.32 Å². The number of carbonyl (C=O) groups is 2. The molecule has 0 heterocycles. The standard InChI is InChI=1S/C18H26N2O3/c1-11-9-14(18(4,5)17(11,2)3)20-16(23)12-7-6-8-13(15(12)22)19-10-21/h6-8,10-11,14,22H,9H2,1-5H3,(H,19,21)(H,20,23)/t11-,14?/m0/s1. The lowest BCUT2D eigenvalue weighted by Crippen LogP contribution is -2.46. The van der Waals surface area contributed by atoms with E-state index < -0.39 is 0 Å². The van der Waals surface area contributed by atoms with Crippen molar-refractivity contribution in [2.45, 2.75) is 47.1 Å². The van der Waals surface area contributed by atoms with Crippen LogP contribution in [-0.2, 0) is 4.79 Å². The lowest BCUT2D eigenvalue weighted by Gasteiger charge is -2.41. The van der Waals surface area contributed by atoms with Crippen LogP contribution in [0.1, 0.15) is 51.4 Å². The Morgan fingerprint density at radius 2 is 1.91 bits per heavy atom. The molecule has 3 N–H and O–H groups in total. The Hall–Kier alpha value is -2.04. The summed E-state index contributed by atoms with van der Waals surface area (Å²) >= 11 is 0. The minimum absolute atomic E-state index is 0.0297. The normalized spacial score (nSPS) is 24.9. The van der Waals surface area contributed by atoms with E-state index in [0.29, 0.717) is 12.3 Å². The van der Waals surface area contributed by atoms with Gasteiger partial charge in [-0.15, -0.1) is 0 Å². The zero-order chi connectivity index (χ0) is 17.4. The van der Waals surface area contributed by atoms with E-state index in [1.165, 1.54) is 0 Å². The van der Waals surface area contributed by atoms with E-state index in [9.17, 15) is 14.7 Å². The predicted molar refractivity (Wildman–Crippen MR) is 90.4 cm³/mol. The summed E-state index contributed by atoms with van der Waals surface area (Å²) < 4.78 is 0. The van der Waals surface area contributed by atoms with Crippen LogP contribution in [0.2, 0.25) is 0 Å². The van der Waals surface area contributed by atoms with Crippen molar-refractivity contribution in [3.8, 4) is 5.75 Å². The van der Waals surface area contributed by atoms with Gasteiger partial charge in [-0.3, -0.25) is 9.59 Å². The number of anilines is 1. The maximum atomic E-state index is 12.6. The molecule has 1 aromatic rings. The SMILES string of the molecule is C[C@H]1CC(NC(=O)c2cccc(NC=O)c2O)C(C)(C)C1(C)C. The van der Waals surface area contributed by atoms with Gasteiger partial charge in [0.05, 0.1) is 11.3 Å². The third-order valence-electron chi connectivity index (χ3n) is 6.15. The minimum atomic E-state index is -0.319. The molecule has 0 radical (unpaired) electrons. The van der Waals surface area contributed by atoms with Gasteiger partial charge < -0.3 is 15.7 Å². The van der Waals surface area contributed by atoms with Crippen molar-refractivity contribution in [3.63, 3.8) is 0 Å². The molecule has 0 aliphatic heterocycles. The molecule has 0 saturated heterocycles. The first kappa shape index (κ1) is 17.3. The molecule has 0 aromatic heterocycles. The van der Waals surface area contributed by atoms with Crippen molar-refractivity contribution in [3.05, 3.63) is 23.8 Å². The number of hydrogen-bond donors (Lipinski definition) is 3. The van der Waals surface area contributed by atoms with E-state index in [-0.39, 0.29) is 39.8 Å². The van der Waals surface area contributed by atoms with Crippen LogP contribution in [0.5, 0.6) is 5.75 Å². The van der Waals surface area contributed by atoms with E-state index in [1.807, 2.05) is 0 Å². The number of benzene rings is 1. The molecule has 5 heteroatoms. The summed E-state index contributed by atoms with van der Waals surface area (Å²) in [5.74, 6) is -0.0419. The molecule has 2 amide bonds. The summed E-state index contributed by atoms with van der Waals surface area (Å²) in [6.45, 7) is 11.0. The van der Waals surface area contributed by atoms with E-state index in [2.05, 4.69) is 45.3 Å². The van der Waals surface area contributed by atoms with Crippen LogP contribution in [-0.4, -0.2) is 23.5 Å². The molecule has 1 unspecified atom stereocenters. The van der Waals surface area contributed by atoms with Gasteiger partial charge in [0.2, 0.25) is 6.41 Å². The van der Waals surface area contributed by atoms with Gasteiger partial charge in [-0.05, 0) is 35.3 Å². The first-order valence-electron chi connectivity index (χ1n) is 7.96. The van der Waals surface area contributed by atoms with Gasteiger partial charge in [0.25, 0.3) is 5.91 Å². The third-order valence-corrected chi connectivity index (χ3v) is 6.15. The number of hydrogen-bond acceptors (Lipinski definition) is 3. The lowest BCUT2D eigenvalue weighted by molar-refractivity contribution is -0.105. The number of amides is 2. The fourth-order valence-corrected chi connectivity index (χ4v) is 3.41. The topological polar surface area (TPSA) is 78.4 Å². The quantitative estimate of drug-likeness (QED) is 0.589. The Kier molecular flexibility index (Phi) is 4.42. The molecular formula is C18H26N2O3. The second-order valence-electron chi connectivity index (χ2n) is 7.57. The Bertz CT molecular complexity index is 623. The number of para-hydroxylation sites is 1. The maximum absolute atomic E-state index is 12.6. The highest BCUT2D eigenvalue weighted by Gasteiger charge is 2.53. The van der Waals surface area contributed by atoms with Crippen LogP contribution in [0.25, 0.3) is 0 Å². The number of phenolic OH excluding ortho intramolecular Hbond substituents is 1. The molecule has 23 heavy (non-hydrogen) atoms. The zero-order valence-corrected chi connectivity index (χ0v) is 14.4. The first-order valence-corrected chi connectivity index (χ1v) is 7.96. The van der Waals surface area contributed by atoms with Crippen molar-refractivity contribution < 1.29 is 14.7 Å². The van der Waals surface area contributed by atoms with E-state index >= 15 is 0 Å². The third kappa shape index (κ3) is 2.80. The van der Waals surface area contributed by atoms with Gasteiger partial charge in [0.1, 0.15) is 0 Å². The van der Waals surface area contributed by atoms with Crippen molar-refractivity contribution >= 4 is 18.0 Å². The molecular weight excluding hydrogens is 292 g/mol. The predicted octanol–water partition coefficient (Wildman–Crippen LogP) is 3.15. The van der Waals surface area contributed by atoms with Crippen LogP contribution in [0.15, 0.2) is 18.2 Å². The highest BCUT2D eigenvalue weighted by Crippen LogP contribution is 2.55. The van der Waals surface area contributed by atoms with Gasteiger partial charge in [-0.2, -0.15) is 0 Å². The Morgan fingerprint density at radius 1 is 1.26 bits per heavy atom. The Balaban J connectivity index is 2.24. The first-order chi connectivity index (χ1) is 10.6. The average molecular weight is 318 g/mol. The lowest BCUT2D eigenvalue weighted by atomic mass is 9.66. The molecule has 1 aliphatic rings. The van der Waals surface area contributed by atoms with Crippen molar-refractivity contribution in [2.24, 2.45) is 16.7 Å². The fraction of sp³-hybridized carbons (Fsp3) is 0.556. The van der Waals surface area contributed by atoms with Crippen LogP contribution in [0, 0.1) is 16.7 Å². The number of carbonyl (C=O) groups excluding carboxylic acids is 2. The summed E-state index contributed by atoms with van der Waals surface area (Å²) in [7, 11) is 0. The molecule has 1 aliphatic carbocycles. The number of aromatic hydroxyl groups is 1. The summed E-state index contributed by atoms with van der Waals surface area (Å²) in [4.78, 5) is 23.2. The highest BCUT2D eigenvalue weighted by molar-refractivity contribution is 5.99. The van der Waals surface area contributed by atoms with Crippen LogP contribution >= 0.6 is 0 Å². The zero-order valence-electron chi connectivity index (χ0n) is 14.4. The summed E-state index contributed by atoms with van der Waals surface area (Å²) in [6.07, 6.45) is 1.37. The Morgan fingerprint density at radius 3 is 2.43 bits per heavy atom. The average Bonchev–Trinajstić information content (AvgIpc) is 2.61. The van der Waals surface area contributed by atoms with Crippen LogP contribution in [0.4, 0.5) is 5.69 Å². The summed E-state index contributed by atoms with van der Waals surface area (Å²) in [5, 5.41) is 15.6. The van der Waals surface area contributed by atoms with Gasteiger partial charge in [-0.25, -0.2) is 0 Å². The molecule has 126 valence electrons. The monoisotopic (exact) mass is 318 g/mol. The smallest absolute Gasteiger partial charge is 0.255 e. The van der Waals surface area contributed by atoms with E-state index in [0.717, 1.165) is 6.42 Å². The molecule has 0 bridgehead atoms. The number of rotatable bonds is 4. The van der Waals surface area contributed by atoms with Gasteiger partial charge in [0.15, 0.2) is 5.75 Å². The molecule has 1 saturated carbocycles. The number of nitrogens with one attached hydrogen (secondary N) is 2. The van der Waals surface area contributed by atoms with Crippen molar-refractivity contribution in [2.75, 3.05) is 5.32 Å². The summed E-state index contributed by atoms with van der Waals surface area (Å²) in [6, 6.07) is 4.76. The second-order valence-corrected chi connectivity index (χ2v) is 7.57. The fourth-order valence-electron chi connectivity index (χ4n) is 3.41. The van der Waals surface area contributed by atoms with Gasteiger partial charge in [-0.1, -0.05) is 40.7 Å². The highest BCUT2D eigenvalue weighted by atomic mass is 16.3. The molecule has 1 fully saturated rings. The van der Waals surface area contributed by atoms with Gasteiger partial charge >= 0.3 is 0 Å². The second kappa shape index (κ2) is 5.87. The molecule has 1 aromatic carbocycles. The van der Waals surface area contributed by atoms with E-state index in [4.69, 9.17) is 0 Å². The largest absolute Gasteiger partial charge is 0.505 e. The van der Waals surface area contributed by atoms with Crippen LogP contribution in [0.3, 0.4) is 0 Å². The molecule has 0 spiro atoms. The Labute approximate surface area is 137 Å². The molecule has 2 atom stereocenters.